The van der Waals surface area contributed by atoms with E-state index in [4.69, 9.17) is 9.26 Å². The van der Waals surface area contributed by atoms with Gasteiger partial charge in [0.1, 0.15) is 11.5 Å². The Bertz CT molecular complexity index is 748. The molecule has 0 atom stereocenters. The molecule has 0 amide bonds. The number of H-pyrrole nitrogens is 1. The van der Waals surface area contributed by atoms with Crippen molar-refractivity contribution in [3.8, 4) is 5.75 Å². The van der Waals surface area contributed by atoms with Crippen LogP contribution < -0.4 is 10.2 Å². The molecule has 2 aromatic rings. The normalized spacial score (nSPS) is 14.1. The van der Waals surface area contributed by atoms with Crippen LogP contribution in [0.3, 0.4) is 0 Å². The fourth-order valence-corrected chi connectivity index (χ4v) is 3.18. The zero-order valence-corrected chi connectivity index (χ0v) is 13.9. The van der Waals surface area contributed by atoms with Gasteiger partial charge in [-0.25, -0.2) is 0 Å². The van der Waals surface area contributed by atoms with Gasteiger partial charge in [0, 0.05) is 36.8 Å². The first-order chi connectivity index (χ1) is 11.1. The van der Waals surface area contributed by atoms with Gasteiger partial charge in [-0.05, 0) is 33.2 Å². The average Bonchev–Trinajstić information content (AvgIpc) is 2.94. The smallest absolute Gasteiger partial charge is 0.228 e. The summed E-state index contributed by atoms with van der Waals surface area (Å²) in [6.45, 7) is 3.04. The van der Waals surface area contributed by atoms with Crippen LogP contribution in [0.5, 0.6) is 5.75 Å². The molecule has 0 spiro atoms. The largest absolute Gasteiger partial charge is 0.491 e. The SMILES string of the molecule is COc1c(C)[nH]cc(CN(C)Cc2noc3c2CCCC3)c1=O. The molecular weight excluding hydrogens is 294 g/mol. The van der Waals surface area contributed by atoms with Gasteiger partial charge in [0.05, 0.1) is 12.8 Å². The maximum atomic E-state index is 12.4. The molecule has 0 aromatic carbocycles. The van der Waals surface area contributed by atoms with Gasteiger partial charge in [-0.15, -0.1) is 0 Å². The van der Waals surface area contributed by atoms with Crippen molar-refractivity contribution in [3.05, 3.63) is 44.7 Å². The fourth-order valence-electron chi connectivity index (χ4n) is 3.18. The van der Waals surface area contributed by atoms with Crippen molar-refractivity contribution < 1.29 is 9.26 Å². The van der Waals surface area contributed by atoms with E-state index in [1.54, 1.807) is 6.20 Å². The lowest BCUT2D eigenvalue weighted by atomic mass is 9.96. The van der Waals surface area contributed by atoms with E-state index in [2.05, 4.69) is 15.0 Å². The molecule has 1 aliphatic rings. The summed E-state index contributed by atoms with van der Waals surface area (Å²) in [7, 11) is 3.50. The van der Waals surface area contributed by atoms with E-state index in [0.29, 0.717) is 24.4 Å². The summed E-state index contributed by atoms with van der Waals surface area (Å²) in [6.07, 6.45) is 6.16. The highest BCUT2D eigenvalue weighted by Crippen LogP contribution is 2.25. The van der Waals surface area contributed by atoms with Crippen molar-refractivity contribution in [1.82, 2.24) is 15.0 Å². The predicted molar refractivity (Wildman–Crippen MR) is 86.7 cm³/mol. The van der Waals surface area contributed by atoms with Crippen LogP contribution in [-0.4, -0.2) is 29.2 Å². The molecule has 23 heavy (non-hydrogen) atoms. The second-order valence-electron chi connectivity index (χ2n) is 6.21. The minimum atomic E-state index is -0.0576. The van der Waals surface area contributed by atoms with Gasteiger partial charge in [-0.2, -0.15) is 0 Å². The summed E-state index contributed by atoms with van der Waals surface area (Å²) in [4.78, 5) is 17.5. The van der Waals surface area contributed by atoms with E-state index >= 15 is 0 Å². The molecule has 2 heterocycles. The van der Waals surface area contributed by atoms with Crippen LogP contribution in [0.25, 0.3) is 0 Å². The Morgan fingerprint density at radius 2 is 2.13 bits per heavy atom. The van der Waals surface area contributed by atoms with Gasteiger partial charge in [-0.1, -0.05) is 5.16 Å². The Morgan fingerprint density at radius 1 is 1.35 bits per heavy atom. The lowest BCUT2D eigenvalue weighted by Crippen LogP contribution is -2.24. The van der Waals surface area contributed by atoms with E-state index in [-0.39, 0.29) is 5.43 Å². The highest BCUT2D eigenvalue weighted by molar-refractivity contribution is 5.31. The lowest BCUT2D eigenvalue weighted by molar-refractivity contribution is 0.298. The zero-order valence-electron chi connectivity index (χ0n) is 13.9. The topological polar surface area (TPSA) is 71.4 Å². The molecule has 0 bridgehead atoms. The van der Waals surface area contributed by atoms with Crippen molar-refractivity contribution in [2.24, 2.45) is 0 Å². The molecule has 3 rings (SSSR count). The molecule has 1 N–H and O–H groups in total. The van der Waals surface area contributed by atoms with Crippen molar-refractivity contribution in [3.63, 3.8) is 0 Å². The number of rotatable bonds is 5. The number of hydrogen-bond acceptors (Lipinski definition) is 5. The zero-order chi connectivity index (χ0) is 16.4. The van der Waals surface area contributed by atoms with Crippen LogP contribution in [0.15, 0.2) is 15.5 Å². The van der Waals surface area contributed by atoms with Gasteiger partial charge in [-0.3, -0.25) is 9.69 Å². The number of aryl methyl sites for hydroxylation is 2. The second kappa shape index (κ2) is 6.58. The quantitative estimate of drug-likeness (QED) is 0.915. The fraction of sp³-hybridized carbons (Fsp3) is 0.529. The molecule has 1 aliphatic carbocycles. The van der Waals surface area contributed by atoms with Crippen LogP contribution in [0.2, 0.25) is 0 Å². The van der Waals surface area contributed by atoms with E-state index in [1.165, 1.54) is 25.5 Å². The number of methoxy groups -OCH3 is 1. The molecule has 0 unspecified atom stereocenters. The molecule has 0 fully saturated rings. The molecule has 0 saturated heterocycles. The molecule has 0 saturated carbocycles. The summed E-state index contributed by atoms with van der Waals surface area (Å²) < 4.78 is 10.6. The van der Waals surface area contributed by atoms with Crippen LogP contribution in [0, 0.1) is 6.92 Å². The van der Waals surface area contributed by atoms with Crippen molar-refractivity contribution in [2.45, 2.75) is 45.7 Å². The molecule has 2 aromatic heterocycles. The summed E-state index contributed by atoms with van der Waals surface area (Å²) in [5.41, 5.74) is 3.63. The molecule has 0 radical (unpaired) electrons. The van der Waals surface area contributed by atoms with E-state index in [1.807, 2.05) is 14.0 Å². The molecule has 6 heteroatoms. The maximum absolute atomic E-state index is 12.4. The maximum Gasteiger partial charge on any atom is 0.228 e. The van der Waals surface area contributed by atoms with E-state index in [0.717, 1.165) is 30.0 Å². The Hall–Kier alpha value is -2.08. The summed E-state index contributed by atoms with van der Waals surface area (Å²) in [6, 6.07) is 0. The number of nitrogens with zero attached hydrogens (tertiary/aromatic N) is 2. The van der Waals surface area contributed by atoms with E-state index in [9.17, 15) is 4.79 Å². The Morgan fingerprint density at radius 3 is 2.91 bits per heavy atom. The lowest BCUT2D eigenvalue weighted by Gasteiger charge is -2.17. The van der Waals surface area contributed by atoms with E-state index < -0.39 is 0 Å². The second-order valence-corrected chi connectivity index (χ2v) is 6.21. The monoisotopic (exact) mass is 317 g/mol. The number of aromatic nitrogens is 2. The van der Waals surface area contributed by atoms with Gasteiger partial charge >= 0.3 is 0 Å². The first-order valence-electron chi connectivity index (χ1n) is 8.00. The van der Waals surface area contributed by atoms with Gasteiger partial charge in [0.15, 0.2) is 5.75 Å². The van der Waals surface area contributed by atoms with Crippen LogP contribution in [0.4, 0.5) is 0 Å². The number of ether oxygens (including phenoxy) is 1. The molecular formula is C17H23N3O3. The number of fused-ring (bicyclic) bond motifs is 1. The van der Waals surface area contributed by atoms with Crippen LogP contribution in [-0.2, 0) is 25.9 Å². The van der Waals surface area contributed by atoms with Crippen molar-refractivity contribution >= 4 is 0 Å². The third kappa shape index (κ3) is 3.17. The molecule has 0 aliphatic heterocycles. The minimum Gasteiger partial charge on any atom is -0.491 e. The predicted octanol–water partition coefficient (Wildman–Crippen LogP) is 2.19. The van der Waals surface area contributed by atoms with Crippen LogP contribution in [0.1, 0.15) is 41.1 Å². The Balaban J connectivity index is 1.74. The summed E-state index contributed by atoms with van der Waals surface area (Å²) >= 11 is 0. The summed E-state index contributed by atoms with van der Waals surface area (Å²) in [5.74, 6) is 1.42. The van der Waals surface area contributed by atoms with Gasteiger partial charge in [0.2, 0.25) is 5.43 Å². The third-order valence-corrected chi connectivity index (χ3v) is 4.40. The van der Waals surface area contributed by atoms with Gasteiger partial charge < -0.3 is 14.2 Å². The first kappa shape index (κ1) is 15.8. The van der Waals surface area contributed by atoms with Crippen molar-refractivity contribution in [2.75, 3.05) is 14.2 Å². The number of hydrogen-bond donors (Lipinski definition) is 1. The standard InChI is InChI=1S/C17H23N3O3/c1-11-17(22-3)16(21)12(8-18-11)9-20(2)10-14-13-6-4-5-7-15(13)23-19-14/h8H,4-7,9-10H2,1-3H3,(H,18,21). The Kier molecular flexibility index (Phi) is 4.52. The first-order valence-corrected chi connectivity index (χ1v) is 8.00. The van der Waals surface area contributed by atoms with Crippen LogP contribution >= 0.6 is 0 Å². The minimum absolute atomic E-state index is 0.0576. The van der Waals surface area contributed by atoms with Crippen molar-refractivity contribution in [1.29, 1.82) is 0 Å². The average molecular weight is 317 g/mol. The Labute approximate surface area is 135 Å². The summed E-state index contributed by atoms with van der Waals surface area (Å²) in [5, 5.41) is 4.22. The highest BCUT2D eigenvalue weighted by Gasteiger charge is 2.20. The van der Waals surface area contributed by atoms with Gasteiger partial charge in [0.25, 0.3) is 0 Å². The number of nitrogens with one attached hydrogen (secondary N) is 1. The molecule has 124 valence electrons. The third-order valence-electron chi connectivity index (χ3n) is 4.40. The molecule has 6 nitrogen and oxygen atoms in total. The number of aromatic amines is 1. The highest BCUT2D eigenvalue weighted by atomic mass is 16.5. The number of pyridine rings is 1.